The van der Waals surface area contributed by atoms with Gasteiger partial charge in [-0.05, 0) is 28.1 Å². The van der Waals surface area contributed by atoms with Crippen molar-refractivity contribution in [2.45, 2.75) is 0 Å². The molecule has 5 heteroatoms. The van der Waals surface area contributed by atoms with Crippen molar-refractivity contribution < 1.29 is 4.74 Å². The van der Waals surface area contributed by atoms with E-state index in [2.05, 4.69) is 25.7 Å². The number of pyridine rings is 1. The fourth-order valence-corrected chi connectivity index (χ4v) is 0.998. The molecule has 4 nitrogen and oxygen atoms in total. The van der Waals surface area contributed by atoms with E-state index in [1.54, 1.807) is 18.2 Å². The van der Waals surface area contributed by atoms with Crippen molar-refractivity contribution in [1.82, 2.24) is 4.98 Å². The molecule has 0 unspecified atom stereocenters. The summed E-state index contributed by atoms with van der Waals surface area (Å²) in [6.07, 6.45) is 0.699. The average molecular weight is 228 g/mol. The maximum Gasteiger partial charge on any atom is 0.239 e. The number of rotatable bonds is 2. The van der Waals surface area contributed by atoms with E-state index in [4.69, 9.17) is 10.8 Å². The van der Waals surface area contributed by atoms with E-state index in [-0.39, 0.29) is 5.90 Å². The molecule has 1 heterocycles. The molecule has 0 aromatic carbocycles. The minimum absolute atomic E-state index is 0.133. The molecule has 62 valence electrons. The van der Waals surface area contributed by atoms with Crippen molar-refractivity contribution in [2.75, 3.05) is 0 Å². The Bertz CT molecular complexity index is 313. The zero-order valence-electron chi connectivity index (χ0n) is 6.04. The molecule has 1 aromatic rings. The molecule has 12 heavy (non-hydrogen) atoms. The Morgan fingerprint density at radius 1 is 1.58 bits per heavy atom. The minimum Gasteiger partial charge on any atom is -0.426 e. The normalized spacial score (nSPS) is 9.08. The monoisotopic (exact) mass is 227 g/mol. The van der Waals surface area contributed by atoms with E-state index in [0.717, 1.165) is 0 Å². The maximum absolute atomic E-state index is 7.27. The molecule has 0 saturated carbocycles. The van der Waals surface area contributed by atoms with Crippen molar-refractivity contribution >= 4 is 28.2 Å². The Morgan fingerprint density at radius 3 is 2.92 bits per heavy atom. The number of halogens is 1. The second-order valence-corrected chi connectivity index (χ2v) is 2.72. The number of aromatic nitrogens is 1. The molecule has 0 fully saturated rings. The second-order valence-electron chi connectivity index (χ2n) is 1.91. The first-order chi connectivity index (χ1) is 5.74. The lowest BCUT2D eigenvalue weighted by Crippen LogP contribution is -2.05. The standard InChI is InChI=1S/C7H6BrN3O/c8-6-3-1-2-5(11-6)7(10)12-4-9/h1-4,9-10H. The summed E-state index contributed by atoms with van der Waals surface area (Å²) in [5, 5.41) is 13.9. The van der Waals surface area contributed by atoms with Gasteiger partial charge in [-0.3, -0.25) is 10.8 Å². The third-order valence-electron chi connectivity index (χ3n) is 1.12. The molecule has 1 aromatic heterocycles. The summed E-state index contributed by atoms with van der Waals surface area (Å²) in [5.41, 5.74) is 0.396. The number of hydrogen-bond acceptors (Lipinski definition) is 4. The minimum atomic E-state index is -0.133. The maximum atomic E-state index is 7.27. The molecular weight excluding hydrogens is 222 g/mol. The molecule has 0 spiro atoms. The fraction of sp³-hybridized carbons (Fsp3) is 0. The largest absolute Gasteiger partial charge is 0.426 e. The van der Waals surface area contributed by atoms with Crippen LogP contribution in [0.3, 0.4) is 0 Å². The number of nitrogens with one attached hydrogen (secondary N) is 2. The topological polar surface area (TPSA) is 69.8 Å². The molecule has 0 amide bonds. The second kappa shape index (κ2) is 3.96. The molecular formula is C7H6BrN3O. The first kappa shape index (κ1) is 8.86. The first-order valence-corrected chi connectivity index (χ1v) is 3.90. The van der Waals surface area contributed by atoms with Crippen LogP contribution in [-0.4, -0.2) is 17.3 Å². The molecule has 0 aliphatic rings. The summed E-state index contributed by atoms with van der Waals surface area (Å²) in [4.78, 5) is 3.96. The van der Waals surface area contributed by atoms with Crippen molar-refractivity contribution in [1.29, 1.82) is 10.8 Å². The van der Waals surface area contributed by atoms with Gasteiger partial charge in [-0.2, -0.15) is 0 Å². The Labute approximate surface area is 77.7 Å². The van der Waals surface area contributed by atoms with Gasteiger partial charge >= 0.3 is 0 Å². The predicted octanol–water partition coefficient (Wildman–Crippen LogP) is 1.79. The highest BCUT2D eigenvalue weighted by molar-refractivity contribution is 9.10. The summed E-state index contributed by atoms with van der Waals surface area (Å²) >= 11 is 3.16. The van der Waals surface area contributed by atoms with Crippen LogP contribution < -0.4 is 0 Å². The summed E-state index contributed by atoms with van der Waals surface area (Å²) in [5.74, 6) is -0.133. The first-order valence-electron chi connectivity index (χ1n) is 3.11. The van der Waals surface area contributed by atoms with Crippen molar-refractivity contribution in [3.8, 4) is 0 Å². The van der Waals surface area contributed by atoms with Crippen LogP contribution in [-0.2, 0) is 4.74 Å². The molecule has 0 aliphatic carbocycles. The van der Waals surface area contributed by atoms with Crippen LogP contribution in [0.5, 0.6) is 0 Å². The summed E-state index contributed by atoms with van der Waals surface area (Å²) in [6, 6.07) is 5.13. The van der Waals surface area contributed by atoms with Crippen LogP contribution in [0, 0.1) is 10.8 Å². The lowest BCUT2D eigenvalue weighted by Gasteiger charge is -1.99. The number of ether oxygens (including phenoxy) is 1. The van der Waals surface area contributed by atoms with Gasteiger partial charge in [0.2, 0.25) is 5.90 Å². The SMILES string of the molecule is N=COC(=N)c1cccc(Br)n1. The molecule has 0 bridgehead atoms. The molecule has 0 saturated heterocycles. The Balaban J connectivity index is 2.87. The van der Waals surface area contributed by atoms with E-state index in [1.807, 2.05) is 0 Å². The van der Waals surface area contributed by atoms with Crippen LogP contribution >= 0.6 is 15.9 Å². The highest BCUT2D eigenvalue weighted by atomic mass is 79.9. The zero-order chi connectivity index (χ0) is 8.97. The molecule has 0 radical (unpaired) electrons. The van der Waals surface area contributed by atoms with E-state index in [9.17, 15) is 0 Å². The van der Waals surface area contributed by atoms with E-state index in [1.165, 1.54) is 0 Å². The van der Waals surface area contributed by atoms with E-state index >= 15 is 0 Å². The van der Waals surface area contributed by atoms with Gasteiger partial charge in [0.05, 0.1) is 0 Å². The van der Waals surface area contributed by atoms with E-state index < -0.39 is 0 Å². The van der Waals surface area contributed by atoms with Gasteiger partial charge < -0.3 is 4.74 Å². The Morgan fingerprint density at radius 2 is 2.33 bits per heavy atom. The third kappa shape index (κ3) is 2.13. The van der Waals surface area contributed by atoms with Crippen LogP contribution in [0.1, 0.15) is 5.69 Å². The van der Waals surface area contributed by atoms with Crippen molar-refractivity contribution in [2.24, 2.45) is 0 Å². The van der Waals surface area contributed by atoms with Crippen LogP contribution in [0.4, 0.5) is 0 Å². The van der Waals surface area contributed by atoms with Crippen LogP contribution in [0.15, 0.2) is 22.8 Å². The van der Waals surface area contributed by atoms with Crippen molar-refractivity contribution in [3.63, 3.8) is 0 Å². The van der Waals surface area contributed by atoms with Crippen LogP contribution in [0.2, 0.25) is 0 Å². The van der Waals surface area contributed by atoms with Gasteiger partial charge in [-0.25, -0.2) is 4.98 Å². The highest BCUT2D eigenvalue weighted by Gasteiger charge is 2.02. The van der Waals surface area contributed by atoms with Gasteiger partial charge in [0.1, 0.15) is 10.3 Å². The lowest BCUT2D eigenvalue weighted by atomic mass is 10.3. The smallest absolute Gasteiger partial charge is 0.239 e. The van der Waals surface area contributed by atoms with Gasteiger partial charge in [0, 0.05) is 0 Å². The van der Waals surface area contributed by atoms with Crippen molar-refractivity contribution in [3.05, 3.63) is 28.5 Å². The summed E-state index contributed by atoms with van der Waals surface area (Å²) in [6.45, 7) is 0. The molecule has 2 N–H and O–H groups in total. The fourth-order valence-electron chi connectivity index (χ4n) is 0.654. The average Bonchev–Trinajstić information content (AvgIpc) is 2.05. The highest BCUT2D eigenvalue weighted by Crippen LogP contribution is 2.06. The van der Waals surface area contributed by atoms with Crippen LogP contribution in [0.25, 0.3) is 0 Å². The van der Waals surface area contributed by atoms with Gasteiger partial charge in [0.15, 0.2) is 6.40 Å². The molecule has 0 atom stereocenters. The zero-order valence-corrected chi connectivity index (χ0v) is 7.63. The van der Waals surface area contributed by atoms with E-state index in [0.29, 0.717) is 16.7 Å². The van der Waals surface area contributed by atoms with Gasteiger partial charge in [-0.1, -0.05) is 6.07 Å². The summed E-state index contributed by atoms with van der Waals surface area (Å²) in [7, 11) is 0. The predicted molar refractivity (Wildman–Crippen MR) is 48.6 cm³/mol. The third-order valence-corrected chi connectivity index (χ3v) is 1.57. The van der Waals surface area contributed by atoms with Gasteiger partial charge in [-0.15, -0.1) is 0 Å². The summed E-state index contributed by atoms with van der Waals surface area (Å²) < 4.78 is 5.16. The number of nitrogens with zero attached hydrogens (tertiary/aromatic N) is 1. The molecule has 0 aliphatic heterocycles. The molecule has 1 rings (SSSR count). The van der Waals surface area contributed by atoms with Gasteiger partial charge in [0.25, 0.3) is 0 Å². The Kier molecular flexibility index (Phi) is 2.93. The lowest BCUT2D eigenvalue weighted by molar-refractivity contribution is 0.558. The quantitative estimate of drug-likeness (QED) is 0.460. The Hall–Kier alpha value is -1.23. The number of hydrogen-bond donors (Lipinski definition) is 2.